The van der Waals surface area contributed by atoms with Crippen molar-refractivity contribution in [2.24, 2.45) is 0 Å². The number of hydrogen-bond acceptors (Lipinski definition) is 3. The molecule has 1 aromatic carbocycles. The molecule has 0 amide bonds. The van der Waals surface area contributed by atoms with Gasteiger partial charge in [0, 0.05) is 6.61 Å². The first-order valence-corrected chi connectivity index (χ1v) is 8.24. The Morgan fingerprint density at radius 1 is 1.00 bits per heavy atom. The lowest BCUT2D eigenvalue weighted by Crippen LogP contribution is -2.32. The van der Waals surface area contributed by atoms with Gasteiger partial charge in [-0.15, -0.1) is 0 Å². The Morgan fingerprint density at radius 2 is 1.71 bits per heavy atom. The second-order valence-corrected chi connectivity index (χ2v) is 5.32. The molecule has 0 saturated carbocycles. The standard InChI is InChI=1S/C18H31NO2/c1-5-12-20-13-14-21-15(4)18(19-7-3)17-10-8-16(6-2)9-11-17/h8-11,15,18-19H,5-7,12-14H2,1-4H3. The van der Waals surface area contributed by atoms with Gasteiger partial charge in [-0.2, -0.15) is 0 Å². The Balaban J connectivity index is 2.53. The van der Waals surface area contributed by atoms with E-state index in [9.17, 15) is 0 Å². The van der Waals surface area contributed by atoms with Crippen molar-refractivity contribution in [2.45, 2.75) is 52.7 Å². The second kappa shape index (κ2) is 10.8. The van der Waals surface area contributed by atoms with Crippen LogP contribution in [-0.4, -0.2) is 32.5 Å². The van der Waals surface area contributed by atoms with Gasteiger partial charge in [0.1, 0.15) is 0 Å². The van der Waals surface area contributed by atoms with Crippen LogP contribution in [0.2, 0.25) is 0 Å². The molecule has 21 heavy (non-hydrogen) atoms. The number of nitrogens with one attached hydrogen (secondary N) is 1. The summed E-state index contributed by atoms with van der Waals surface area (Å²) in [4.78, 5) is 0. The molecule has 0 aliphatic heterocycles. The predicted octanol–water partition coefficient (Wildman–Crippen LogP) is 3.73. The first kappa shape index (κ1) is 18.1. The van der Waals surface area contributed by atoms with Gasteiger partial charge in [-0.3, -0.25) is 0 Å². The third-order valence-corrected chi connectivity index (χ3v) is 3.60. The van der Waals surface area contributed by atoms with E-state index in [2.05, 4.69) is 57.3 Å². The third kappa shape index (κ3) is 6.60. The zero-order valence-electron chi connectivity index (χ0n) is 14.0. The Bertz CT molecular complexity index is 364. The van der Waals surface area contributed by atoms with Crippen LogP contribution in [0.15, 0.2) is 24.3 Å². The summed E-state index contributed by atoms with van der Waals surface area (Å²) in [7, 11) is 0. The van der Waals surface area contributed by atoms with Crippen molar-refractivity contribution in [3.63, 3.8) is 0 Å². The van der Waals surface area contributed by atoms with Gasteiger partial charge in [0.05, 0.1) is 25.4 Å². The summed E-state index contributed by atoms with van der Waals surface area (Å²) in [5.41, 5.74) is 2.66. The Kier molecular flexibility index (Phi) is 9.31. The van der Waals surface area contributed by atoms with Gasteiger partial charge in [0.25, 0.3) is 0 Å². The van der Waals surface area contributed by atoms with Crippen molar-refractivity contribution >= 4 is 0 Å². The Labute approximate surface area is 130 Å². The van der Waals surface area contributed by atoms with Crippen molar-refractivity contribution < 1.29 is 9.47 Å². The second-order valence-electron chi connectivity index (χ2n) is 5.32. The highest BCUT2D eigenvalue weighted by molar-refractivity contribution is 5.25. The van der Waals surface area contributed by atoms with Crippen molar-refractivity contribution in [1.29, 1.82) is 0 Å². The van der Waals surface area contributed by atoms with E-state index in [1.54, 1.807) is 0 Å². The van der Waals surface area contributed by atoms with Crippen LogP contribution in [0.3, 0.4) is 0 Å². The molecule has 0 bridgehead atoms. The molecule has 0 fully saturated rings. The first-order valence-electron chi connectivity index (χ1n) is 8.24. The fourth-order valence-electron chi connectivity index (χ4n) is 2.37. The molecule has 1 N–H and O–H groups in total. The maximum absolute atomic E-state index is 5.93. The van der Waals surface area contributed by atoms with Gasteiger partial charge in [0.2, 0.25) is 0 Å². The molecule has 0 heterocycles. The molecule has 1 rings (SSSR count). The van der Waals surface area contributed by atoms with E-state index >= 15 is 0 Å². The highest BCUT2D eigenvalue weighted by Crippen LogP contribution is 2.20. The molecule has 0 aliphatic rings. The molecule has 120 valence electrons. The van der Waals surface area contributed by atoms with Gasteiger partial charge in [-0.05, 0) is 37.4 Å². The van der Waals surface area contributed by atoms with Gasteiger partial charge in [-0.1, -0.05) is 45.0 Å². The van der Waals surface area contributed by atoms with Gasteiger partial charge < -0.3 is 14.8 Å². The van der Waals surface area contributed by atoms with E-state index in [1.165, 1.54) is 11.1 Å². The summed E-state index contributed by atoms with van der Waals surface area (Å²) >= 11 is 0. The lowest BCUT2D eigenvalue weighted by atomic mass is 10.00. The molecule has 3 nitrogen and oxygen atoms in total. The van der Waals surface area contributed by atoms with Crippen molar-refractivity contribution in [2.75, 3.05) is 26.4 Å². The lowest BCUT2D eigenvalue weighted by Gasteiger charge is -2.25. The van der Waals surface area contributed by atoms with Crippen LogP contribution in [0.5, 0.6) is 0 Å². The maximum Gasteiger partial charge on any atom is 0.0742 e. The first-order chi connectivity index (χ1) is 10.2. The number of aryl methyl sites for hydroxylation is 1. The van der Waals surface area contributed by atoms with Crippen LogP contribution >= 0.6 is 0 Å². The van der Waals surface area contributed by atoms with E-state index in [-0.39, 0.29) is 12.1 Å². The zero-order chi connectivity index (χ0) is 15.5. The summed E-state index contributed by atoms with van der Waals surface area (Å²) in [5.74, 6) is 0. The molecular formula is C18H31NO2. The van der Waals surface area contributed by atoms with Crippen LogP contribution in [0, 0.1) is 0 Å². The number of hydrogen-bond donors (Lipinski definition) is 1. The van der Waals surface area contributed by atoms with E-state index in [0.717, 1.165) is 26.0 Å². The number of likely N-dealkylation sites (N-methyl/N-ethyl adjacent to an activating group) is 1. The zero-order valence-corrected chi connectivity index (χ0v) is 14.0. The molecule has 2 atom stereocenters. The van der Waals surface area contributed by atoms with Crippen LogP contribution in [0.4, 0.5) is 0 Å². The minimum Gasteiger partial charge on any atom is -0.379 e. The van der Waals surface area contributed by atoms with E-state index in [4.69, 9.17) is 9.47 Å². The van der Waals surface area contributed by atoms with E-state index in [0.29, 0.717) is 13.2 Å². The van der Waals surface area contributed by atoms with Crippen molar-refractivity contribution in [1.82, 2.24) is 5.32 Å². The number of benzene rings is 1. The fraction of sp³-hybridized carbons (Fsp3) is 0.667. The molecule has 2 unspecified atom stereocenters. The minimum absolute atomic E-state index is 0.127. The summed E-state index contributed by atoms with van der Waals surface area (Å²) in [6.07, 6.45) is 2.26. The predicted molar refractivity (Wildman–Crippen MR) is 88.8 cm³/mol. The number of ether oxygens (including phenoxy) is 2. The highest BCUT2D eigenvalue weighted by Gasteiger charge is 2.18. The van der Waals surface area contributed by atoms with Crippen LogP contribution < -0.4 is 5.32 Å². The van der Waals surface area contributed by atoms with Crippen molar-refractivity contribution in [3.05, 3.63) is 35.4 Å². The average molecular weight is 293 g/mol. The van der Waals surface area contributed by atoms with E-state index in [1.807, 2.05) is 0 Å². The molecular weight excluding hydrogens is 262 g/mol. The number of rotatable bonds is 11. The Morgan fingerprint density at radius 3 is 2.29 bits per heavy atom. The summed E-state index contributed by atoms with van der Waals surface area (Å²) in [5, 5.41) is 3.52. The molecule has 3 heteroatoms. The molecule has 0 saturated heterocycles. The largest absolute Gasteiger partial charge is 0.379 e. The van der Waals surface area contributed by atoms with Crippen LogP contribution in [-0.2, 0) is 15.9 Å². The van der Waals surface area contributed by atoms with Gasteiger partial charge in [0.15, 0.2) is 0 Å². The summed E-state index contributed by atoms with van der Waals surface area (Å²) in [6.45, 7) is 11.6. The fourth-order valence-corrected chi connectivity index (χ4v) is 2.37. The average Bonchev–Trinajstić information content (AvgIpc) is 2.52. The Hall–Kier alpha value is -0.900. The normalized spacial score (nSPS) is 14.1. The summed E-state index contributed by atoms with van der Waals surface area (Å²) < 4.78 is 11.4. The molecule has 1 aromatic rings. The van der Waals surface area contributed by atoms with Crippen molar-refractivity contribution in [3.8, 4) is 0 Å². The van der Waals surface area contributed by atoms with E-state index < -0.39 is 0 Å². The molecule has 0 spiro atoms. The van der Waals surface area contributed by atoms with Crippen LogP contribution in [0.1, 0.15) is 51.3 Å². The third-order valence-electron chi connectivity index (χ3n) is 3.60. The highest BCUT2D eigenvalue weighted by atomic mass is 16.5. The van der Waals surface area contributed by atoms with Gasteiger partial charge >= 0.3 is 0 Å². The van der Waals surface area contributed by atoms with Crippen LogP contribution in [0.25, 0.3) is 0 Å². The lowest BCUT2D eigenvalue weighted by molar-refractivity contribution is -0.00324. The minimum atomic E-state index is 0.127. The SMILES string of the molecule is CCCOCCOC(C)C(NCC)c1ccc(CC)cc1. The summed E-state index contributed by atoms with van der Waals surface area (Å²) in [6, 6.07) is 9.05. The monoisotopic (exact) mass is 293 g/mol. The molecule has 0 aliphatic carbocycles. The topological polar surface area (TPSA) is 30.5 Å². The molecule has 0 radical (unpaired) electrons. The van der Waals surface area contributed by atoms with Gasteiger partial charge in [-0.25, -0.2) is 0 Å². The maximum atomic E-state index is 5.93. The quantitative estimate of drug-likeness (QED) is 0.631. The molecule has 0 aromatic heterocycles. The smallest absolute Gasteiger partial charge is 0.0742 e.